The zero-order valence-electron chi connectivity index (χ0n) is 12.1. The molecule has 0 aliphatic carbocycles. The Morgan fingerprint density at radius 2 is 1.95 bits per heavy atom. The zero-order chi connectivity index (χ0) is 14.8. The second kappa shape index (κ2) is 5.78. The van der Waals surface area contributed by atoms with Crippen molar-refractivity contribution in [2.45, 2.75) is 19.7 Å². The number of halogens is 1. The number of nitrogens with zero attached hydrogens (tertiary/aromatic N) is 2. The van der Waals surface area contributed by atoms with Crippen molar-refractivity contribution >= 4 is 17.2 Å². The number of hydrogen-bond donors (Lipinski definition) is 0. The normalized spacial score (nSPS) is 11.0. The molecule has 0 atom stereocenters. The van der Waals surface area contributed by atoms with Crippen LogP contribution in [-0.4, -0.2) is 16.0 Å². The molecule has 0 saturated carbocycles. The molecule has 2 heterocycles. The lowest BCUT2D eigenvalue weighted by Gasteiger charge is -2.05. The summed E-state index contributed by atoms with van der Waals surface area (Å²) < 4.78 is 7.52. The number of pyridine rings is 1. The second-order valence-corrected chi connectivity index (χ2v) is 5.20. The van der Waals surface area contributed by atoms with Crippen LogP contribution in [0.1, 0.15) is 18.2 Å². The maximum atomic E-state index is 6.14. The molecule has 0 aliphatic heterocycles. The van der Waals surface area contributed by atoms with E-state index in [-0.39, 0.29) is 0 Å². The minimum Gasteiger partial charge on any atom is -0.494 e. The van der Waals surface area contributed by atoms with Gasteiger partial charge >= 0.3 is 0 Å². The van der Waals surface area contributed by atoms with Crippen molar-refractivity contribution < 1.29 is 4.74 Å². The molecule has 0 unspecified atom stereocenters. The van der Waals surface area contributed by atoms with Crippen molar-refractivity contribution in [2.75, 3.05) is 6.61 Å². The number of benzene rings is 1. The Morgan fingerprint density at radius 1 is 1.19 bits per heavy atom. The molecule has 3 rings (SSSR count). The molecular weight excluding hydrogens is 284 g/mol. The lowest BCUT2D eigenvalue weighted by atomic mass is 10.1. The number of aromatic nitrogens is 2. The highest BCUT2D eigenvalue weighted by Gasteiger charge is 2.13. The first-order chi connectivity index (χ1) is 10.2. The Bertz CT molecular complexity index is 762. The SMILES string of the molecule is CCOc1ccc(-c2nc3cc(C)ccn3c2CCl)cc1. The molecule has 4 heteroatoms. The molecule has 108 valence electrons. The highest BCUT2D eigenvalue weighted by atomic mass is 35.5. The van der Waals surface area contributed by atoms with E-state index in [1.807, 2.05) is 41.8 Å². The first kappa shape index (κ1) is 14.0. The summed E-state index contributed by atoms with van der Waals surface area (Å²) in [5.74, 6) is 1.29. The average Bonchev–Trinajstić information content (AvgIpc) is 2.85. The second-order valence-electron chi connectivity index (χ2n) is 4.93. The lowest BCUT2D eigenvalue weighted by molar-refractivity contribution is 0.340. The predicted octanol–water partition coefficient (Wildman–Crippen LogP) is 4.45. The van der Waals surface area contributed by atoms with Crippen LogP contribution in [0.4, 0.5) is 0 Å². The van der Waals surface area contributed by atoms with Crippen LogP contribution < -0.4 is 4.74 Å². The molecule has 0 spiro atoms. The summed E-state index contributed by atoms with van der Waals surface area (Å²) in [6.45, 7) is 4.70. The molecule has 0 aliphatic rings. The molecule has 21 heavy (non-hydrogen) atoms. The van der Waals surface area contributed by atoms with Gasteiger partial charge in [-0.15, -0.1) is 11.6 Å². The summed E-state index contributed by atoms with van der Waals surface area (Å²) in [6, 6.07) is 12.1. The number of alkyl halides is 1. The highest BCUT2D eigenvalue weighted by Crippen LogP contribution is 2.27. The maximum Gasteiger partial charge on any atom is 0.137 e. The number of rotatable bonds is 4. The number of hydrogen-bond acceptors (Lipinski definition) is 2. The van der Waals surface area contributed by atoms with Crippen LogP contribution in [0.2, 0.25) is 0 Å². The van der Waals surface area contributed by atoms with Crippen molar-refractivity contribution in [3.63, 3.8) is 0 Å². The van der Waals surface area contributed by atoms with Crippen LogP contribution in [0.5, 0.6) is 5.75 Å². The fourth-order valence-electron chi connectivity index (χ4n) is 2.43. The van der Waals surface area contributed by atoms with Crippen LogP contribution in [-0.2, 0) is 5.88 Å². The first-order valence-corrected chi connectivity index (χ1v) is 7.53. The van der Waals surface area contributed by atoms with Gasteiger partial charge in [0.1, 0.15) is 11.4 Å². The van der Waals surface area contributed by atoms with Gasteiger partial charge in [-0.05, 0) is 55.8 Å². The predicted molar refractivity (Wildman–Crippen MR) is 86.1 cm³/mol. The molecule has 0 radical (unpaired) electrons. The van der Waals surface area contributed by atoms with Gasteiger partial charge in [-0.2, -0.15) is 0 Å². The van der Waals surface area contributed by atoms with Gasteiger partial charge in [-0.1, -0.05) is 0 Å². The van der Waals surface area contributed by atoms with Gasteiger partial charge in [0.05, 0.1) is 23.9 Å². The Labute approximate surface area is 129 Å². The number of aryl methyl sites for hydroxylation is 1. The third-order valence-electron chi connectivity index (χ3n) is 3.45. The summed E-state index contributed by atoms with van der Waals surface area (Å²) in [6.07, 6.45) is 2.02. The summed E-state index contributed by atoms with van der Waals surface area (Å²) in [5, 5.41) is 0. The van der Waals surface area contributed by atoms with Gasteiger partial charge in [-0.25, -0.2) is 4.98 Å². The van der Waals surface area contributed by atoms with Crippen molar-refractivity contribution in [1.82, 2.24) is 9.38 Å². The molecule has 0 N–H and O–H groups in total. The van der Waals surface area contributed by atoms with E-state index in [4.69, 9.17) is 21.3 Å². The molecule has 0 saturated heterocycles. The largest absolute Gasteiger partial charge is 0.494 e. The summed E-state index contributed by atoms with van der Waals surface area (Å²) in [5.41, 5.74) is 5.10. The van der Waals surface area contributed by atoms with E-state index < -0.39 is 0 Å². The zero-order valence-corrected chi connectivity index (χ0v) is 12.9. The van der Waals surface area contributed by atoms with Gasteiger partial charge in [0, 0.05) is 11.8 Å². The summed E-state index contributed by atoms with van der Waals surface area (Å²) >= 11 is 6.14. The maximum absolute atomic E-state index is 6.14. The van der Waals surface area contributed by atoms with E-state index in [0.29, 0.717) is 12.5 Å². The molecule has 3 nitrogen and oxygen atoms in total. The Balaban J connectivity index is 2.10. The summed E-state index contributed by atoms with van der Waals surface area (Å²) in [4.78, 5) is 4.73. The van der Waals surface area contributed by atoms with Gasteiger partial charge in [0.2, 0.25) is 0 Å². The van der Waals surface area contributed by atoms with Gasteiger partial charge < -0.3 is 9.14 Å². The first-order valence-electron chi connectivity index (χ1n) is 6.99. The molecule has 3 aromatic rings. The smallest absolute Gasteiger partial charge is 0.137 e. The average molecular weight is 301 g/mol. The molecule has 1 aromatic carbocycles. The molecular formula is C17H17ClN2O. The molecule has 0 fully saturated rings. The number of imidazole rings is 1. The van der Waals surface area contributed by atoms with Gasteiger partial charge in [0.25, 0.3) is 0 Å². The number of fused-ring (bicyclic) bond motifs is 1. The van der Waals surface area contributed by atoms with Crippen molar-refractivity contribution in [1.29, 1.82) is 0 Å². The number of ether oxygens (including phenoxy) is 1. The van der Waals surface area contributed by atoms with Crippen molar-refractivity contribution in [3.05, 3.63) is 53.9 Å². The lowest BCUT2D eigenvalue weighted by Crippen LogP contribution is -1.92. The van der Waals surface area contributed by atoms with Crippen LogP contribution in [0, 0.1) is 6.92 Å². The fraction of sp³-hybridized carbons (Fsp3) is 0.235. The Morgan fingerprint density at radius 3 is 2.62 bits per heavy atom. The van der Waals surface area contributed by atoms with Crippen molar-refractivity contribution in [2.24, 2.45) is 0 Å². The Kier molecular flexibility index (Phi) is 3.84. The van der Waals surface area contributed by atoms with E-state index >= 15 is 0 Å². The van der Waals surface area contributed by atoms with E-state index in [0.717, 1.165) is 28.3 Å². The molecule has 0 bridgehead atoms. The van der Waals surface area contributed by atoms with E-state index in [9.17, 15) is 0 Å². The highest BCUT2D eigenvalue weighted by molar-refractivity contribution is 6.17. The fourth-order valence-corrected chi connectivity index (χ4v) is 2.69. The van der Waals surface area contributed by atoms with Gasteiger partial charge in [0.15, 0.2) is 0 Å². The Hall–Kier alpha value is -2.00. The molecule has 2 aromatic heterocycles. The van der Waals surface area contributed by atoms with E-state index in [2.05, 4.69) is 19.1 Å². The van der Waals surface area contributed by atoms with Crippen LogP contribution in [0.15, 0.2) is 42.6 Å². The minimum atomic E-state index is 0.423. The van der Waals surface area contributed by atoms with Crippen LogP contribution in [0.25, 0.3) is 16.9 Å². The van der Waals surface area contributed by atoms with Gasteiger partial charge in [-0.3, -0.25) is 0 Å². The third-order valence-corrected chi connectivity index (χ3v) is 3.70. The molecule has 0 amide bonds. The third kappa shape index (κ3) is 2.61. The van der Waals surface area contributed by atoms with E-state index in [1.54, 1.807) is 0 Å². The summed E-state index contributed by atoms with van der Waals surface area (Å²) in [7, 11) is 0. The standard InChI is InChI=1S/C17H17ClN2O/c1-3-21-14-6-4-13(5-7-14)17-15(11-18)20-9-8-12(2)10-16(20)19-17/h4-10H,3,11H2,1-2H3. The topological polar surface area (TPSA) is 26.5 Å². The quantitative estimate of drug-likeness (QED) is 0.666. The van der Waals surface area contributed by atoms with E-state index in [1.165, 1.54) is 5.56 Å². The van der Waals surface area contributed by atoms with Crippen LogP contribution in [0.3, 0.4) is 0 Å². The monoisotopic (exact) mass is 300 g/mol. The van der Waals surface area contributed by atoms with Crippen molar-refractivity contribution in [3.8, 4) is 17.0 Å². The minimum absolute atomic E-state index is 0.423. The van der Waals surface area contributed by atoms with Crippen LogP contribution >= 0.6 is 11.6 Å².